The predicted molar refractivity (Wildman–Crippen MR) is 95.0 cm³/mol. The summed E-state index contributed by atoms with van der Waals surface area (Å²) in [6.45, 7) is 0. The van der Waals surface area contributed by atoms with Crippen molar-refractivity contribution < 1.29 is 4.79 Å². The van der Waals surface area contributed by atoms with Crippen molar-refractivity contribution in [1.29, 1.82) is 0 Å². The Labute approximate surface area is 144 Å². The number of carbonyl (C=O) groups is 1. The van der Waals surface area contributed by atoms with Crippen LogP contribution in [-0.2, 0) is 0 Å². The van der Waals surface area contributed by atoms with Gasteiger partial charge in [0, 0.05) is 18.4 Å². The van der Waals surface area contributed by atoms with E-state index >= 15 is 0 Å². The van der Waals surface area contributed by atoms with Crippen LogP contribution in [0.1, 0.15) is 42.6 Å². The highest BCUT2D eigenvalue weighted by molar-refractivity contribution is 7.21. The molecule has 0 unspecified atom stereocenters. The Hall–Kier alpha value is -2.34. The summed E-state index contributed by atoms with van der Waals surface area (Å²) in [4.78, 5) is 26.0. The highest BCUT2D eigenvalue weighted by Gasteiger charge is 2.22. The zero-order valence-corrected chi connectivity index (χ0v) is 14.1. The molecule has 24 heavy (non-hydrogen) atoms. The van der Waals surface area contributed by atoms with Gasteiger partial charge in [-0.1, -0.05) is 31.4 Å². The van der Waals surface area contributed by atoms with Crippen molar-refractivity contribution in [2.45, 2.75) is 38.1 Å². The molecule has 3 aromatic rings. The minimum absolute atomic E-state index is 0.149. The van der Waals surface area contributed by atoms with Crippen LogP contribution in [0.15, 0.2) is 36.7 Å². The summed E-state index contributed by atoms with van der Waals surface area (Å²) >= 11 is 1.53. The van der Waals surface area contributed by atoms with Gasteiger partial charge >= 0.3 is 0 Å². The summed E-state index contributed by atoms with van der Waals surface area (Å²) in [6.07, 6.45) is 8.87. The smallest absolute Gasteiger partial charge is 0.272 e. The van der Waals surface area contributed by atoms with Crippen molar-refractivity contribution in [1.82, 2.24) is 20.3 Å². The first kappa shape index (κ1) is 15.2. The fraction of sp³-hybridized carbons (Fsp3) is 0.333. The van der Waals surface area contributed by atoms with E-state index in [0.717, 1.165) is 28.1 Å². The molecular weight excluding hydrogens is 320 g/mol. The molecule has 1 fully saturated rings. The summed E-state index contributed by atoms with van der Waals surface area (Å²) in [7, 11) is 0. The molecule has 0 radical (unpaired) electrons. The zero-order chi connectivity index (χ0) is 16.4. The van der Waals surface area contributed by atoms with Crippen LogP contribution >= 0.6 is 11.3 Å². The molecule has 1 aliphatic rings. The van der Waals surface area contributed by atoms with Crippen LogP contribution in [-0.4, -0.2) is 26.9 Å². The third kappa shape index (κ3) is 3.01. The van der Waals surface area contributed by atoms with Gasteiger partial charge in [0.25, 0.3) is 5.91 Å². The van der Waals surface area contributed by atoms with E-state index in [4.69, 9.17) is 0 Å². The van der Waals surface area contributed by atoms with E-state index in [0.29, 0.717) is 11.4 Å². The number of amides is 1. The largest absolute Gasteiger partial charge is 0.348 e. The highest BCUT2D eigenvalue weighted by Crippen LogP contribution is 2.30. The number of carbonyl (C=O) groups excluding carboxylic acids is 1. The summed E-state index contributed by atoms with van der Waals surface area (Å²) in [5.41, 5.74) is 1.84. The number of thiazole rings is 1. The lowest BCUT2D eigenvalue weighted by atomic mass is 9.95. The molecule has 1 aromatic carbocycles. The van der Waals surface area contributed by atoms with Gasteiger partial charge in [-0.25, -0.2) is 15.0 Å². The Kier molecular flexibility index (Phi) is 4.21. The quantitative estimate of drug-likeness (QED) is 0.788. The average Bonchev–Trinajstić information content (AvgIpc) is 3.06. The summed E-state index contributed by atoms with van der Waals surface area (Å²) in [5, 5.41) is 3.85. The molecule has 1 aliphatic carbocycles. The maximum Gasteiger partial charge on any atom is 0.272 e. The van der Waals surface area contributed by atoms with Crippen molar-refractivity contribution in [3.05, 3.63) is 42.4 Å². The van der Waals surface area contributed by atoms with Crippen LogP contribution < -0.4 is 5.32 Å². The molecule has 2 aromatic heterocycles. The minimum Gasteiger partial charge on any atom is -0.348 e. The lowest BCUT2D eigenvalue weighted by Crippen LogP contribution is -2.36. The van der Waals surface area contributed by atoms with Crippen LogP contribution in [0.5, 0.6) is 0 Å². The van der Waals surface area contributed by atoms with E-state index in [1.165, 1.54) is 30.6 Å². The fourth-order valence-corrected chi connectivity index (χ4v) is 4.10. The predicted octanol–water partition coefficient (Wildman–Crippen LogP) is 3.82. The molecule has 1 N–H and O–H groups in total. The molecule has 0 atom stereocenters. The molecule has 6 heteroatoms. The Bertz CT molecular complexity index is 837. The van der Waals surface area contributed by atoms with Gasteiger partial charge in [0.1, 0.15) is 10.7 Å². The minimum atomic E-state index is -0.149. The lowest BCUT2D eigenvalue weighted by molar-refractivity contribution is 0.0923. The molecule has 1 saturated carbocycles. The molecule has 2 heterocycles. The number of hydrogen-bond acceptors (Lipinski definition) is 5. The van der Waals surface area contributed by atoms with E-state index < -0.39 is 0 Å². The van der Waals surface area contributed by atoms with E-state index in [9.17, 15) is 4.79 Å². The first-order valence-corrected chi connectivity index (χ1v) is 9.11. The number of nitrogens with zero attached hydrogens (tertiary/aromatic N) is 3. The summed E-state index contributed by atoms with van der Waals surface area (Å²) < 4.78 is 1.08. The van der Waals surface area contributed by atoms with Gasteiger partial charge in [0.15, 0.2) is 5.69 Å². The Morgan fingerprint density at radius 3 is 2.71 bits per heavy atom. The lowest BCUT2D eigenvalue weighted by Gasteiger charge is -2.22. The number of benzene rings is 1. The number of fused-ring (bicyclic) bond motifs is 1. The molecule has 0 aliphatic heterocycles. The first-order chi connectivity index (χ1) is 11.8. The first-order valence-electron chi connectivity index (χ1n) is 8.29. The van der Waals surface area contributed by atoms with E-state index in [2.05, 4.69) is 20.3 Å². The highest BCUT2D eigenvalue weighted by atomic mass is 32.1. The SMILES string of the molecule is O=C(NC1CCCCC1)c1nccnc1-c1nc2ccccc2s1. The summed E-state index contributed by atoms with van der Waals surface area (Å²) in [5.74, 6) is -0.149. The van der Waals surface area contributed by atoms with Crippen molar-refractivity contribution in [2.75, 3.05) is 0 Å². The van der Waals surface area contributed by atoms with Gasteiger partial charge in [0.2, 0.25) is 0 Å². The molecule has 4 rings (SSSR count). The van der Waals surface area contributed by atoms with E-state index in [1.54, 1.807) is 12.4 Å². The van der Waals surface area contributed by atoms with Crippen molar-refractivity contribution in [3.8, 4) is 10.7 Å². The van der Waals surface area contributed by atoms with Gasteiger partial charge in [0.05, 0.1) is 10.2 Å². The van der Waals surface area contributed by atoms with Crippen LogP contribution in [0.3, 0.4) is 0 Å². The third-order valence-electron chi connectivity index (χ3n) is 4.35. The molecule has 5 nitrogen and oxygen atoms in total. The topological polar surface area (TPSA) is 67.8 Å². The van der Waals surface area contributed by atoms with Crippen molar-refractivity contribution in [3.63, 3.8) is 0 Å². The monoisotopic (exact) mass is 338 g/mol. The third-order valence-corrected chi connectivity index (χ3v) is 5.39. The van der Waals surface area contributed by atoms with Gasteiger partial charge in [-0.05, 0) is 25.0 Å². The van der Waals surface area contributed by atoms with Crippen LogP contribution in [0.2, 0.25) is 0 Å². The zero-order valence-electron chi connectivity index (χ0n) is 13.2. The number of nitrogens with one attached hydrogen (secondary N) is 1. The number of aromatic nitrogens is 3. The summed E-state index contributed by atoms with van der Waals surface area (Å²) in [6, 6.07) is 8.18. The van der Waals surface area contributed by atoms with Gasteiger partial charge in [-0.2, -0.15) is 0 Å². The standard InChI is InChI=1S/C18H18N4OS/c23-17(21-12-6-2-1-3-7-12)15-16(20-11-10-19-15)18-22-13-8-4-5-9-14(13)24-18/h4-5,8-12H,1-3,6-7H2,(H,21,23). The molecule has 0 bridgehead atoms. The van der Waals surface area contributed by atoms with Crippen LogP contribution in [0.25, 0.3) is 20.9 Å². The van der Waals surface area contributed by atoms with E-state index in [1.807, 2.05) is 24.3 Å². The second-order valence-corrected chi connectivity index (χ2v) is 7.08. The molecule has 1 amide bonds. The number of para-hydroxylation sites is 1. The van der Waals surface area contributed by atoms with Crippen molar-refractivity contribution in [2.24, 2.45) is 0 Å². The van der Waals surface area contributed by atoms with Gasteiger partial charge in [-0.3, -0.25) is 4.79 Å². The maximum absolute atomic E-state index is 12.7. The van der Waals surface area contributed by atoms with Crippen molar-refractivity contribution >= 4 is 27.5 Å². The molecule has 122 valence electrons. The number of rotatable bonds is 3. The molecule has 0 spiro atoms. The maximum atomic E-state index is 12.7. The normalized spacial score (nSPS) is 15.5. The number of hydrogen-bond donors (Lipinski definition) is 1. The molecular formula is C18H18N4OS. The second-order valence-electron chi connectivity index (χ2n) is 6.05. The second kappa shape index (κ2) is 6.65. The fourth-order valence-electron chi connectivity index (χ4n) is 3.13. The Balaban J connectivity index is 1.65. The average molecular weight is 338 g/mol. The van der Waals surface area contributed by atoms with Crippen LogP contribution in [0, 0.1) is 0 Å². The Morgan fingerprint density at radius 1 is 1.08 bits per heavy atom. The van der Waals surface area contributed by atoms with E-state index in [-0.39, 0.29) is 11.9 Å². The van der Waals surface area contributed by atoms with Crippen LogP contribution in [0.4, 0.5) is 0 Å². The van der Waals surface area contributed by atoms with Gasteiger partial charge < -0.3 is 5.32 Å². The molecule has 0 saturated heterocycles. The van der Waals surface area contributed by atoms with Gasteiger partial charge in [-0.15, -0.1) is 11.3 Å². The Morgan fingerprint density at radius 2 is 1.88 bits per heavy atom.